The number of para-hydroxylation sites is 2. The van der Waals surface area contributed by atoms with Crippen LogP contribution in [0.15, 0.2) is 200 Å². The molecule has 0 aliphatic heterocycles. The summed E-state index contributed by atoms with van der Waals surface area (Å²) in [6.45, 7) is 0. The number of benzene rings is 9. The Balaban J connectivity index is 1.06. The minimum absolute atomic E-state index is 0.700. The third-order valence-electron chi connectivity index (χ3n) is 11.0. The summed E-state index contributed by atoms with van der Waals surface area (Å²) in [7, 11) is 0. The second-order valence-corrected chi connectivity index (χ2v) is 14.2. The molecule has 0 bridgehead atoms. The molecule has 0 amide bonds. The Morgan fingerprint density at radius 3 is 1.64 bits per heavy atom. The largest absolute Gasteiger partial charge is 0.309 e. The van der Waals surface area contributed by atoms with Gasteiger partial charge in [0.2, 0.25) is 0 Å². The molecule has 0 saturated carbocycles. The fraction of sp³-hybridized carbons (Fsp3) is 0. The third-order valence-corrected chi connectivity index (χ3v) is 11.0. The highest BCUT2D eigenvalue weighted by atomic mass is 15.0. The molecular weight excluding hydrogens is 667 g/mol. The van der Waals surface area contributed by atoms with Crippen LogP contribution in [0.4, 0.5) is 0 Å². The van der Waals surface area contributed by atoms with Crippen LogP contribution in [0.25, 0.3) is 105 Å². The Labute approximate surface area is 318 Å². The van der Waals surface area contributed by atoms with Gasteiger partial charge in [0.25, 0.3) is 0 Å². The van der Waals surface area contributed by atoms with Crippen molar-refractivity contribution >= 4 is 54.1 Å². The van der Waals surface area contributed by atoms with Gasteiger partial charge in [-0.3, -0.25) is 0 Å². The lowest BCUT2D eigenvalue weighted by Crippen LogP contribution is -1.98. The van der Waals surface area contributed by atoms with Gasteiger partial charge in [-0.15, -0.1) is 0 Å². The normalized spacial score (nSPS) is 11.6. The van der Waals surface area contributed by atoms with Crippen LogP contribution in [-0.4, -0.2) is 14.5 Å². The van der Waals surface area contributed by atoms with E-state index in [4.69, 9.17) is 9.97 Å². The molecule has 2 heterocycles. The molecule has 0 spiro atoms. The standard InChI is InChI=1S/C52H33N3/c1-2-14-37(15-3-1)52-53-47(33-48(54-52)39-17-12-18-40(31-39)55-49-23-10-8-21-43(49)44-22-9-11-24-50(44)55)35-25-27-36(28-26-35)51-42-20-7-5-16-38(42)32-46-41-19-6-4-13-34(41)29-30-45(46)51/h1-33H. The van der Waals surface area contributed by atoms with E-state index in [2.05, 4.69) is 187 Å². The molecule has 0 fully saturated rings. The second kappa shape index (κ2) is 12.6. The Bertz CT molecular complexity index is 3200. The lowest BCUT2D eigenvalue weighted by atomic mass is 9.89. The van der Waals surface area contributed by atoms with Gasteiger partial charge in [-0.1, -0.05) is 164 Å². The summed E-state index contributed by atoms with van der Waals surface area (Å²) in [6.07, 6.45) is 0. The average Bonchev–Trinajstić information content (AvgIpc) is 3.60. The minimum atomic E-state index is 0.700. The molecule has 0 N–H and O–H groups in total. The molecule has 3 heteroatoms. The molecular formula is C52H33N3. The van der Waals surface area contributed by atoms with Crippen LogP contribution in [-0.2, 0) is 0 Å². The van der Waals surface area contributed by atoms with Crippen molar-refractivity contribution in [3.8, 4) is 50.7 Å². The first-order valence-corrected chi connectivity index (χ1v) is 18.7. The van der Waals surface area contributed by atoms with E-state index in [0.717, 1.165) is 33.8 Å². The van der Waals surface area contributed by atoms with Crippen LogP contribution in [0.1, 0.15) is 0 Å². The van der Waals surface area contributed by atoms with Crippen molar-refractivity contribution in [1.82, 2.24) is 14.5 Å². The number of fused-ring (bicyclic) bond motifs is 7. The van der Waals surface area contributed by atoms with E-state index in [0.29, 0.717) is 5.82 Å². The van der Waals surface area contributed by atoms with E-state index in [-0.39, 0.29) is 0 Å². The monoisotopic (exact) mass is 699 g/mol. The summed E-state index contributed by atoms with van der Waals surface area (Å²) in [5.74, 6) is 0.700. The van der Waals surface area contributed by atoms with Crippen molar-refractivity contribution < 1.29 is 0 Å². The molecule has 55 heavy (non-hydrogen) atoms. The maximum absolute atomic E-state index is 5.18. The zero-order chi connectivity index (χ0) is 36.3. The lowest BCUT2D eigenvalue weighted by Gasteiger charge is -2.15. The first kappa shape index (κ1) is 31.2. The second-order valence-electron chi connectivity index (χ2n) is 14.2. The molecule has 256 valence electrons. The van der Waals surface area contributed by atoms with E-state index in [1.54, 1.807) is 0 Å². The maximum atomic E-state index is 5.18. The van der Waals surface area contributed by atoms with Crippen molar-refractivity contribution in [2.24, 2.45) is 0 Å². The highest BCUT2D eigenvalue weighted by Crippen LogP contribution is 2.40. The molecule has 11 rings (SSSR count). The van der Waals surface area contributed by atoms with E-state index in [1.165, 1.54) is 65.3 Å². The fourth-order valence-electron chi connectivity index (χ4n) is 8.40. The Hall–Kier alpha value is -7.36. The lowest BCUT2D eigenvalue weighted by molar-refractivity contribution is 1.16. The van der Waals surface area contributed by atoms with Crippen molar-refractivity contribution in [3.05, 3.63) is 200 Å². The van der Waals surface area contributed by atoms with Gasteiger partial charge in [0.15, 0.2) is 5.82 Å². The summed E-state index contributed by atoms with van der Waals surface area (Å²) in [6, 6.07) is 71.5. The zero-order valence-electron chi connectivity index (χ0n) is 29.9. The maximum Gasteiger partial charge on any atom is 0.160 e. The quantitative estimate of drug-likeness (QED) is 0.132. The highest BCUT2D eigenvalue weighted by Gasteiger charge is 2.16. The van der Waals surface area contributed by atoms with Gasteiger partial charge in [-0.25, -0.2) is 9.97 Å². The van der Waals surface area contributed by atoms with Crippen LogP contribution in [0.2, 0.25) is 0 Å². The van der Waals surface area contributed by atoms with Crippen LogP contribution in [0.5, 0.6) is 0 Å². The van der Waals surface area contributed by atoms with Crippen molar-refractivity contribution in [3.63, 3.8) is 0 Å². The Morgan fingerprint density at radius 1 is 0.309 bits per heavy atom. The van der Waals surface area contributed by atoms with E-state index < -0.39 is 0 Å². The molecule has 11 aromatic rings. The Morgan fingerprint density at radius 2 is 0.891 bits per heavy atom. The van der Waals surface area contributed by atoms with Gasteiger partial charge in [0.1, 0.15) is 0 Å². The van der Waals surface area contributed by atoms with Gasteiger partial charge in [0, 0.05) is 33.2 Å². The summed E-state index contributed by atoms with van der Waals surface area (Å²) in [4.78, 5) is 10.4. The summed E-state index contributed by atoms with van der Waals surface area (Å²) in [5.41, 5.74) is 10.7. The SMILES string of the molecule is c1ccc(-c2nc(-c3ccc(-c4c5ccccc5cc5c4ccc4ccccc45)cc3)cc(-c3cccc(-n4c5ccccc5c5ccccc54)c3)n2)cc1. The van der Waals surface area contributed by atoms with Crippen molar-refractivity contribution in [2.45, 2.75) is 0 Å². The highest BCUT2D eigenvalue weighted by molar-refractivity contribution is 6.20. The first-order chi connectivity index (χ1) is 27.3. The average molecular weight is 700 g/mol. The van der Waals surface area contributed by atoms with E-state index in [9.17, 15) is 0 Å². The molecule has 2 aromatic heterocycles. The van der Waals surface area contributed by atoms with Crippen molar-refractivity contribution in [1.29, 1.82) is 0 Å². The summed E-state index contributed by atoms with van der Waals surface area (Å²) >= 11 is 0. The molecule has 0 saturated heterocycles. The molecule has 0 atom stereocenters. The molecule has 0 aliphatic carbocycles. The third kappa shape index (κ3) is 5.20. The summed E-state index contributed by atoms with van der Waals surface area (Å²) in [5, 5.41) is 10.0. The van der Waals surface area contributed by atoms with Gasteiger partial charge in [-0.2, -0.15) is 0 Å². The fourth-order valence-corrected chi connectivity index (χ4v) is 8.40. The molecule has 0 unspecified atom stereocenters. The molecule has 0 aliphatic rings. The predicted molar refractivity (Wildman–Crippen MR) is 231 cm³/mol. The minimum Gasteiger partial charge on any atom is -0.309 e. The van der Waals surface area contributed by atoms with Crippen LogP contribution in [0.3, 0.4) is 0 Å². The van der Waals surface area contributed by atoms with E-state index >= 15 is 0 Å². The number of hydrogen-bond acceptors (Lipinski definition) is 2. The van der Waals surface area contributed by atoms with Crippen LogP contribution < -0.4 is 0 Å². The molecule has 0 radical (unpaired) electrons. The molecule has 9 aromatic carbocycles. The van der Waals surface area contributed by atoms with E-state index in [1.807, 2.05) is 18.2 Å². The van der Waals surface area contributed by atoms with Gasteiger partial charge >= 0.3 is 0 Å². The predicted octanol–water partition coefficient (Wildman–Crippen LogP) is 13.7. The smallest absolute Gasteiger partial charge is 0.160 e. The topological polar surface area (TPSA) is 30.7 Å². The number of rotatable bonds is 5. The number of hydrogen-bond donors (Lipinski definition) is 0. The van der Waals surface area contributed by atoms with Gasteiger partial charge in [-0.05, 0) is 79.8 Å². The zero-order valence-corrected chi connectivity index (χ0v) is 29.9. The number of nitrogens with zero attached hydrogens (tertiary/aromatic N) is 3. The van der Waals surface area contributed by atoms with Crippen LogP contribution >= 0.6 is 0 Å². The Kier molecular flexibility index (Phi) is 7.17. The van der Waals surface area contributed by atoms with Gasteiger partial charge in [0.05, 0.1) is 22.4 Å². The summed E-state index contributed by atoms with van der Waals surface area (Å²) < 4.78 is 2.35. The van der Waals surface area contributed by atoms with Crippen LogP contribution in [0, 0.1) is 0 Å². The van der Waals surface area contributed by atoms with Gasteiger partial charge < -0.3 is 4.57 Å². The number of aromatic nitrogens is 3. The molecule has 3 nitrogen and oxygen atoms in total. The van der Waals surface area contributed by atoms with Crippen molar-refractivity contribution in [2.75, 3.05) is 0 Å². The first-order valence-electron chi connectivity index (χ1n) is 18.7.